The number of nitriles is 1. The minimum absolute atomic E-state index is 0.172. The van der Waals surface area contributed by atoms with Crippen LogP contribution < -0.4 is 9.47 Å². The maximum atomic E-state index is 11.9. The largest absolute Gasteiger partial charge is 0.493 e. The molecule has 27 heavy (non-hydrogen) atoms. The molecule has 0 saturated carbocycles. The van der Waals surface area contributed by atoms with E-state index in [1.807, 2.05) is 19.1 Å². The van der Waals surface area contributed by atoms with Gasteiger partial charge in [0.1, 0.15) is 17.6 Å². The predicted octanol–water partition coefficient (Wildman–Crippen LogP) is 3.38. The number of hydrogen-bond acceptors (Lipinski definition) is 6. The Labute approximate surface area is 159 Å². The predicted molar refractivity (Wildman–Crippen MR) is 100 cm³/mol. The summed E-state index contributed by atoms with van der Waals surface area (Å²) in [7, 11) is 2.93. The molecule has 1 atom stereocenters. The molecule has 0 radical (unpaired) electrons. The normalized spacial score (nSPS) is 11.3. The summed E-state index contributed by atoms with van der Waals surface area (Å²) in [5, 5.41) is 8.83. The first-order chi connectivity index (χ1) is 13.0. The van der Waals surface area contributed by atoms with E-state index >= 15 is 0 Å². The van der Waals surface area contributed by atoms with Crippen LogP contribution in [0.5, 0.6) is 11.5 Å². The first-order valence-corrected chi connectivity index (χ1v) is 8.56. The van der Waals surface area contributed by atoms with E-state index < -0.39 is 5.97 Å². The molecule has 0 aromatic heterocycles. The van der Waals surface area contributed by atoms with Gasteiger partial charge in [-0.3, -0.25) is 0 Å². The fraction of sp³-hybridized carbons (Fsp3) is 0.333. The Bertz CT molecular complexity index is 795. The molecule has 0 saturated heterocycles. The highest BCUT2D eigenvalue weighted by atomic mass is 16.5. The average molecular weight is 369 g/mol. The fourth-order valence-electron chi connectivity index (χ4n) is 2.49. The lowest BCUT2D eigenvalue weighted by atomic mass is 10.1. The molecule has 2 aromatic rings. The molecular formula is C21H23NO5. The smallest absolute Gasteiger partial charge is 0.338 e. The summed E-state index contributed by atoms with van der Waals surface area (Å²) in [4.78, 5) is 11.9. The summed E-state index contributed by atoms with van der Waals surface area (Å²) >= 11 is 0. The van der Waals surface area contributed by atoms with Crippen molar-refractivity contribution in [3.63, 3.8) is 0 Å². The topological polar surface area (TPSA) is 77.8 Å². The van der Waals surface area contributed by atoms with E-state index in [-0.39, 0.29) is 6.10 Å². The molecule has 2 rings (SSSR count). The van der Waals surface area contributed by atoms with Crippen molar-refractivity contribution < 1.29 is 23.7 Å². The molecule has 0 aliphatic heterocycles. The molecule has 0 amide bonds. The van der Waals surface area contributed by atoms with E-state index in [0.717, 1.165) is 5.56 Å². The summed E-state index contributed by atoms with van der Waals surface area (Å²) in [5.74, 6) is 0.568. The Morgan fingerprint density at radius 3 is 2.44 bits per heavy atom. The minimum Gasteiger partial charge on any atom is -0.493 e. The highest BCUT2D eigenvalue weighted by molar-refractivity contribution is 5.90. The molecule has 2 aromatic carbocycles. The molecule has 0 fully saturated rings. The summed E-state index contributed by atoms with van der Waals surface area (Å²) in [6, 6.07) is 14.4. The highest BCUT2D eigenvalue weighted by Crippen LogP contribution is 2.25. The number of benzene rings is 2. The van der Waals surface area contributed by atoms with Crippen molar-refractivity contribution in [1.29, 1.82) is 5.26 Å². The number of nitrogens with zero attached hydrogens (tertiary/aromatic N) is 1. The van der Waals surface area contributed by atoms with Crippen molar-refractivity contribution in [1.82, 2.24) is 0 Å². The zero-order valence-corrected chi connectivity index (χ0v) is 15.7. The molecule has 0 spiro atoms. The van der Waals surface area contributed by atoms with Crippen LogP contribution in [-0.2, 0) is 15.9 Å². The molecule has 0 bridgehead atoms. The third-order valence-electron chi connectivity index (χ3n) is 3.78. The van der Waals surface area contributed by atoms with Crippen LogP contribution in [-0.4, -0.2) is 39.5 Å². The zero-order chi connectivity index (χ0) is 19.6. The van der Waals surface area contributed by atoms with Gasteiger partial charge in [-0.25, -0.2) is 4.79 Å². The summed E-state index contributed by atoms with van der Waals surface area (Å²) in [5.41, 5.74) is 2.04. The van der Waals surface area contributed by atoms with Gasteiger partial charge in [0.05, 0.1) is 37.5 Å². The number of carbonyl (C=O) groups excluding carboxylic acids is 1. The number of methoxy groups -OCH3 is 2. The van der Waals surface area contributed by atoms with Gasteiger partial charge in [0.2, 0.25) is 0 Å². The maximum absolute atomic E-state index is 11.9. The third kappa shape index (κ3) is 6.32. The molecule has 0 heterocycles. The van der Waals surface area contributed by atoms with Gasteiger partial charge in [-0.15, -0.1) is 0 Å². The Morgan fingerprint density at radius 2 is 1.81 bits per heavy atom. The van der Waals surface area contributed by atoms with Crippen LogP contribution in [0.1, 0.15) is 28.4 Å². The first-order valence-electron chi connectivity index (χ1n) is 8.56. The molecule has 6 heteroatoms. The van der Waals surface area contributed by atoms with Crippen molar-refractivity contribution in [3.05, 3.63) is 59.2 Å². The Balaban J connectivity index is 2.06. The lowest BCUT2D eigenvalue weighted by Gasteiger charge is -2.16. The monoisotopic (exact) mass is 369 g/mol. The Morgan fingerprint density at radius 1 is 1.11 bits per heavy atom. The fourth-order valence-corrected chi connectivity index (χ4v) is 2.49. The van der Waals surface area contributed by atoms with Gasteiger partial charge >= 0.3 is 5.97 Å². The average Bonchev–Trinajstić information content (AvgIpc) is 2.68. The highest BCUT2D eigenvalue weighted by Gasteiger charge is 2.12. The molecule has 0 aliphatic rings. The molecule has 0 unspecified atom stereocenters. The van der Waals surface area contributed by atoms with Crippen molar-refractivity contribution in [2.75, 3.05) is 27.4 Å². The molecular weight excluding hydrogens is 346 g/mol. The van der Waals surface area contributed by atoms with Crippen molar-refractivity contribution in [2.24, 2.45) is 0 Å². The van der Waals surface area contributed by atoms with Gasteiger partial charge in [0.25, 0.3) is 0 Å². The third-order valence-corrected chi connectivity index (χ3v) is 3.78. The van der Waals surface area contributed by atoms with Crippen molar-refractivity contribution in [3.8, 4) is 17.6 Å². The number of esters is 1. The van der Waals surface area contributed by atoms with Gasteiger partial charge in [0.15, 0.2) is 0 Å². The maximum Gasteiger partial charge on any atom is 0.338 e. The van der Waals surface area contributed by atoms with Gasteiger partial charge in [0, 0.05) is 19.6 Å². The van der Waals surface area contributed by atoms with Gasteiger partial charge in [-0.2, -0.15) is 5.26 Å². The van der Waals surface area contributed by atoms with Crippen molar-refractivity contribution >= 4 is 5.97 Å². The quantitative estimate of drug-likeness (QED) is 0.631. The van der Waals surface area contributed by atoms with Crippen LogP contribution in [0.4, 0.5) is 0 Å². The summed E-state index contributed by atoms with van der Waals surface area (Å²) in [6.07, 6.45) is 0.499. The van der Waals surface area contributed by atoms with Crippen LogP contribution in [0.2, 0.25) is 0 Å². The Kier molecular flexibility index (Phi) is 7.65. The van der Waals surface area contributed by atoms with E-state index in [9.17, 15) is 4.79 Å². The van der Waals surface area contributed by atoms with Crippen LogP contribution in [0, 0.1) is 11.3 Å². The first kappa shape index (κ1) is 20.3. The number of rotatable bonds is 9. The number of carbonyl (C=O) groups is 1. The van der Waals surface area contributed by atoms with Gasteiger partial charge in [-0.05, 0) is 36.8 Å². The lowest BCUT2D eigenvalue weighted by molar-refractivity contribution is 0.0598. The SMILES string of the molecule is COC[C@H](C)Oc1cc(OCCc2ccc(C#N)cc2)cc(C(=O)OC)c1. The standard InChI is InChI=1S/C21H23NO5/c1-15(14-24-2)27-20-11-18(21(23)25-3)10-19(12-20)26-9-8-16-4-6-17(13-22)7-5-16/h4-7,10-12,15H,8-9,14H2,1-3H3/t15-/m0/s1. The second-order valence-electron chi connectivity index (χ2n) is 5.98. The molecule has 142 valence electrons. The minimum atomic E-state index is -0.461. The van der Waals surface area contributed by atoms with Gasteiger partial charge < -0.3 is 18.9 Å². The number of ether oxygens (including phenoxy) is 4. The van der Waals surface area contributed by atoms with Crippen LogP contribution in [0.25, 0.3) is 0 Å². The molecule has 0 N–H and O–H groups in total. The lowest BCUT2D eigenvalue weighted by Crippen LogP contribution is -2.18. The number of hydrogen-bond donors (Lipinski definition) is 0. The van der Waals surface area contributed by atoms with E-state index in [2.05, 4.69) is 6.07 Å². The van der Waals surface area contributed by atoms with E-state index in [1.54, 1.807) is 37.4 Å². The van der Waals surface area contributed by atoms with E-state index in [1.165, 1.54) is 7.11 Å². The van der Waals surface area contributed by atoms with Crippen LogP contribution in [0.15, 0.2) is 42.5 Å². The summed E-state index contributed by atoms with van der Waals surface area (Å²) in [6.45, 7) is 2.72. The van der Waals surface area contributed by atoms with Gasteiger partial charge in [-0.1, -0.05) is 12.1 Å². The summed E-state index contributed by atoms with van der Waals surface area (Å²) < 4.78 is 21.4. The zero-order valence-electron chi connectivity index (χ0n) is 15.7. The molecule has 0 aliphatic carbocycles. The molecule has 6 nitrogen and oxygen atoms in total. The van der Waals surface area contributed by atoms with Crippen molar-refractivity contribution in [2.45, 2.75) is 19.4 Å². The Hall–Kier alpha value is -3.04. The second kappa shape index (κ2) is 10.2. The van der Waals surface area contributed by atoms with E-state index in [0.29, 0.717) is 42.3 Å². The van der Waals surface area contributed by atoms with Crippen LogP contribution in [0.3, 0.4) is 0 Å². The van der Waals surface area contributed by atoms with E-state index in [4.69, 9.17) is 24.2 Å². The second-order valence-corrected chi connectivity index (χ2v) is 5.98. The van der Waals surface area contributed by atoms with Crippen LogP contribution >= 0.6 is 0 Å².